The van der Waals surface area contributed by atoms with Crippen molar-refractivity contribution in [2.75, 3.05) is 39.6 Å². The van der Waals surface area contributed by atoms with Crippen LogP contribution in [0.1, 0.15) is 464 Å². The third kappa shape index (κ3) is 88.2. The van der Waals surface area contributed by atoms with Gasteiger partial charge in [0, 0.05) is 25.7 Å². The SMILES string of the molecule is CCCCCCCCCCCCC/C=C\CCC(=O)OCC(COP(=O)(O)OCC(N)C(=O)O)OC(=O)CCCCCCCCCCCCCCCCCCCCC.CCCCCCCCCCCCCCC/C=C\CCC(=O)OC(COC(=O)CCCCCCCCCCCCCCCCCCC)COP(=O)(O)OCC(N)C(=O)O. The summed E-state index contributed by atoms with van der Waals surface area (Å²) in [5.41, 5.74) is 10.7. The molecule has 684 valence electrons. The maximum Gasteiger partial charge on any atom is 0.472 e. The summed E-state index contributed by atoms with van der Waals surface area (Å²) in [5.74, 6) is -4.84. The molecule has 0 aliphatic carbocycles. The first-order valence-corrected chi connectivity index (χ1v) is 50.4. The standard InChI is InChI=1S/2C46H88NO10P/c1-3-5-7-9-11-13-15-17-19-20-21-22-24-26-28-30-32-34-36-38-45(49)57-42(40-55-58(52,53)56-41-43(47)46(50)51)39-54-44(48)37-35-33-31-29-27-25-23-18-16-14-12-10-8-6-4-2;1-3-5-7-9-11-13-15-17-19-21-23-25-27-29-31-33-35-37-44(48)54-39-42(40-55-58(52,53)56-41-43(47)46(50)51)57-45(49)38-36-34-32-30-28-26-24-22-20-18-16-14-12-10-8-6-4-2/h31,33,42-43H,3-30,32,34-41,47H2,1-2H3,(H,50,51)(H,52,53);32,34,42-43H,3-31,33,35-41,47H2,1-2H3,(H,50,51)(H,52,53)/b33-31-;34-32-. The second-order valence-electron chi connectivity index (χ2n) is 32.5. The zero-order chi connectivity index (χ0) is 85.6. The van der Waals surface area contributed by atoms with Crippen molar-refractivity contribution >= 4 is 51.5 Å². The summed E-state index contributed by atoms with van der Waals surface area (Å²) in [6.45, 7) is 5.61. The van der Waals surface area contributed by atoms with Crippen LogP contribution in [0.25, 0.3) is 0 Å². The molecule has 0 rings (SSSR count). The number of nitrogens with two attached hydrogens (primary N) is 2. The molecule has 0 saturated carbocycles. The van der Waals surface area contributed by atoms with E-state index in [0.717, 1.165) is 64.2 Å². The molecule has 0 bridgehead atoms. The van der Waals surface area contributed by atoms with Crippen LogP contribution in [-0.4, -0.2) is 120 Å². The first-order chi connectivity index (χ1) is 56.2. The molecule has 0 heterocycles. The monoisotopic (exact) mass is 1690 g/mol. The molecule has 0 fully saturated rings. The molecule has 116 heavy (non-hydrogen) atoms. The highest BCUT2D eigenvalue weighted by Crippen LogP contribution is 2.44. The molecule has 0 amide bonds. The summed E-state index contributed by atoms with van der Waals surface area (Å²) in [6.07, 6.45) is 85.7. The van der Waals surface area contributed by atoms with Gasteiger partial charge < -0.3 is 50.4 Å². The van der Waals surface area contributed by atoms with E-state index in [2.05, 4.69) is 48.9 Å². The van der Waals surface area contributed by atoms with Gasteiger partial charge in [-0.1, -0.05) is 412 Å². The minimum Gasteiger partial charge on any atom is -0.480 e. The quantitative estimate of drug-likeness (QED) is 0.0108. The number of allylic oxidation sites excluding steroid dienone is 4. The van der Waals surface area contributed by atoms with Crippen molar-refractivity contribution in [1.82, 2.24) is 0 Å². The Morgan fingerprint density at radius 3 is 0.698 bits per heavy atom. The highest BCUT2D eigenvalue weighted by molar-refractivity contribution is 7.47. The lowest BCUT2D eigenvalue weighted by atomic mass is 10.0. The van der Waals surface area contributed by atoms with Gasteiger partial charge in [0.15, 0.2) is 12.2 Å². The van der Waals surface area contributed by atoms with Gasteiger partial charge in [-0.05, 0) is 51.4 Å². The molecule has 0 radical (unpaired) electrons. The highest BCUT2D eigenvalue weighted by atomic mass is 31.2. The lowest BCUT2D eigenvalue weighted by Crippen LogP contribution is -2.34. The van der Waals surface area contributed by atoms with Gasteiger partial charge in [-0.25, -0.2) is 9.13 Å². The number of ether oxygens (including phenoxy) is 4. The van der Waals surface area contributed by atoms with Crippen LogP contribution in [-0.2, 0) is 74.9 Å². The van der Waals surface area contributed by atoms with Crippen molar-refractivity contribution in [3.63, 3.8) is 0 Å². The van der Waals surface area contributed by atoms with Gasteiger partial charge in [0.25, 0.3) is 0 Å². The molecule has 0 aromatic heterocycles. The summed E-state index contributed by atoms with van der Waals surface area (Å²) in [4.78, 5) is 92.0. The molecule has 24 heteroatoms. The van der Waals surface area contributed by atoms with Crippen molar-refractivity contribution in [1.29, 1.82) is 0 Å². The molecule has 0 aromatic carbocycles. The minimum absolute atomic E-state index is 0.0829. The molecular formula is C92H176N2O20P2. The number of carbonyl (C=O) groups is 6. The van der Waals surface area contributed by atoms with Crippen LogP contribution in [0.2, 0.25) is 0 Å². The van der Waals surface area contributed by atoms with Crippen LogP contribution in [0.3, 0.4) is 0 Å². The summed E-state index contributed by atoms with van der Waals surface area (Å²) in [6, 6.07) is -3.04. The average molecular weight is 1690 g/mol. The van der Waals surface area contributed by atoms with E-state index in [1.807, 2.05) is 12.2 Å². The van der Waals surface area contributed by atoms with Gasteiger partial charge in [-0.2, -0.15) is 0 Å². The second-order valence-corrected chi connectivity index (χ2v) is 35.4. The molecule has 0 aromatic rings. The number of hydrogen-bond donors (Lipinski definition) is 6. The van der Waals surface area contributed by atoms with Crippen molar-refractivity contribution in [3.8, 4) is 0 Å². The van der Waals surface area contributed by atoms with Crippen LogP contribution in [0.5, 0.6) is 0 Å². The Bertz CT molecular complexity index is 2400. The molecule has 22 nitrogen and oxygen atoms in total. The molecule has 0 aliphatic heterocycles. The number of carbonyl (C=O) groups excluding carboxylic acids is 4. The summed E-state index contributed by atoms with van der Waals surface area (Å²) < 4.78 is 65.4. The Hall–Kier alpha value is -3.56. The van der Waals surface area contributed by atoms with Crippen LogP contribution >= 0.6 is 15.6 Å². The van der Waals surface area contributed by atoms with E-state index in [4.69, 9.17) is 49.7 Å². The normalized spacial score (nSPS) is 13.7. The number of phosphoric acid groups is 2. The fraction of sp³-hybridized carbons (Fsp3) is 0.891. The number of esters is 4. The predicted octanol–water partition coefficient (Wildman–Crippen LogP) is 25.7. The third-order valence-electron chi connectivity index (χ3n) is 21.1. The fourth-order valence-electron chi connectivity index (χ4n) is 13.6. The van der Waals surface area contributed by atoms with Gasteiger partial charge in [0.2, 0.25) is 0 Å². The van der Waals surface area contributed by atoms with Gasteiger partial charge in [0.05, 0.1) is 26.4 Å². The Morgan fingerprint density at radius 2 is 0.448 bits per heavy atom. The van der Waals surface area contributed by atoms with Gasteiger partial charge in [-0.15, -0.1) is 0 Å². The van der Waals surface area contributed by atoms with E-state index < -0.39 is 102 Å². The predicted molar refractivity (Wildman–Crippen MR) is 471 cm³/mol. The molecular weight excluding hydrogens is 1510 g/mol. The third-order valence-corrected chi connectivity index (χ3v) is 23.0. The largest absolute Gasteiger partial charge is 0.480 e. The molecule has 6 unspecified atom stereocenters. The van der Waals surface area contributed by atoms with E-state index in [9.17, 15) is 47.7 Å². The number of phosphoric ester groups is 2. The molecule has 0 saturated heterocycles. The highest BCUT2D eigenvalue weighted by Gasteiger charge is 2.30. The van der Waals surface area contributed by atoms with E-state index in [1.165, 1.54) is 321 Å². The van der Waals surface area contributed by atoms with Crippen molar-refractivity contribution in [2.24, 2.45) is 11.5 Å². The smallest absolute Gasteiger partial charge is 0.472 e. The topological polar surface area (TPSA) is 343 Å². The van der Waals surface area contributed by atoms with Crippen LogP contribution < -0.4 is 11.5 Å². The van der Waals surface area contributed by atoms with E-state index in [-0.39, 0.29) is 38.9 Å². The van der Waals surface area contributed by atoms with E-state index >= 15 is 0 Å². The number of hydrogen-bond acceptors (Lipinski definition) is 18. The Morgan fingerprint density at radius 1 is 0.259 bits per heavy atom. The zero-order valence-electron chi connectivity index (χ0n) is 74.3. The van der Waals surface area contributed by atoms with Crippen LogP contribution in [0, 0.1) is 0 Å². The summed E-state index contributed by atoms with van der Waals surface area (Å²) in [7, 11) is -9.44. The van der Waals surface area contributed by atoms with Gasteiger partial charge in [-0.3, -0.25) is 46.9 Å². The number of aliphatic carboxylic acids is 2. The van der Waals surface area contributed by atoms with Crippen LogP contribution in [0.4, 0.5) is 0 Å². The Balaban J connectivity index is 0. The lowest BCUT2D eigenvalue weighted by Gasteiger charge is -2.20. The van der Waals surface area contributed by atoms with Crippen LogP contribution in [0.15, 0.2) is 24.3 Å². The number of unbranched alkanes of at least 4 members (excludes halogenated alkanes) is 58. The average Bonchev–Trinajstić information content (AvgIpc) is 0.875. The Labute approximate surface area is 706 Å². The zero-order valence-corrected chi connectivity index (χ0v) is 76.1. The first-order valence-electron chi connectivity index (χ1n) is 47.4. The summed E-state index contributed by atoms with van der Waals surface area (Å²) >= 11 is 0. The van der Waals surface area contributed by atoms with Crippen molar-refractivity contribution in [3.05, 3.63) is 24.3 Å². The number of rotatable bonds is 90. The van der Waals surface area contributed by atoms with Crippen molar-refractivity contribution in [2.45, 2.75) is 489 Å². The number of carboxylic acids is 2. The molecule has 6 atom stereocenters. The maximum atomic E-state index is 12.7. The number of carboxylic acid groups (broad SMARTS) is 2. The van der Waals surface area contributed by atoms with Gasteiger partial charge in [0.1, 0.15) is 25.3 Å². The molecule has 8 N–H and O–H groups in total. The second kappa shape index (κ2) is 87.8. The summed E-state index contributed by atoms with van der Waals surface area (Å²) in [5, 5.41) is 17.8. The Kier molecular flexibility index (Phi) is 86.6. The fourth-order valence-corrected chi connectivity index (χ4v) is 15.1. The minimum atomic E-state index is -4.72. The molecule has 0 spiro atoms. The maximum absolute atomic E-state index is 12.7. The van der Waals surface area contributed by atoms with E-state index in [1.54, 1.807) is 0 Å². The first kappa shape index (κ1) is 114. The van der Waals surface area contributed by atoms with Gasteiger partial charge >= 0.3 is 51.5 Å². The van der Waals surface area contributed by atoms with E-state index in [0.29, 0.717) is 25.7 Å². The lowest BCUT2D eigenvalue weighted by molar-refractivity contribution is -0.161. The molecule has 0 aliphatic rings. The van der Waals surface area contributed by atoms with Crippen molar-refractivity contribution < 1.29 is 94.9 Å².